The molecule has 1 unspecified atom stereocenters. The van der Waals surface area contributed by atoms with E-state index < -0.39 is 0 Å². The molecule has 1 aromatic carbocycles. The lowest BCUT2D eigenvalue weighted by Crippen LogP contribution is -2.45. The van der Waals surface area contributed by atoms with Crippen molar-refractivity contribution in [2.24, 2.45) is 0 Å². The molecule has 3 rings (SSSR count). The van der Waals surface area contributed by atoms with Gasteiger partial charge in [0.15, 0.2) is 0 Å². The molecule has 0 spiro atoms. The molecule has 1 atom stereocenters. The summed E-state index contributed by atoms with van der Waals surface area (Å²) in [6, 6.07) is 12.6. The lowest BCUT2D eigenvalue weighted by atomic mass is 10.0. The summed E-state index contributed by atoms with van der Waals surface area (Å²) in [4.78, 5) is 9.26. The normalized spacial score (nSPS) is 19.4. The molecule has 1 aliphatic rings. The zero-order valence-electron chi connectivity index (χ0n) is 12.6. The van der Waals surface area contributed by atoms with Crippen LogP contribution >= 0.6 is 0 Å². The Morgan fingerprint density at radius 3 is 2.95 bits per heavy atom. The molecule has 0 bridgehead atoms. The van der Waals surface area contributed by atoms with Gasteiger partial charge < -0.3 is 9.80 Å². The molecular weight excluding hydrogens is 260 g/mol. The fourth-order valence-electron chi connectivity index (χ4n) is 3.09. The van der Waals surface area contributed by atoms with Crippen LogP contribution in [0.5, 0.6) is 0 Å². The number of aromatic nitrogens is 1. The summed E-state index contributed by atoms with van der Waals surface area (Å²) in [5.74, 6) is 0.802. The van der Waals surface area contributed by atoms with E-state index >= 15 is 0 Å². The van der Waals surface area contributed by atoms with Gasteiger partial charge in [0.1, 0.15) is 11.9 Å². The van der Waals surface area contributed by atoms with Crippen LogP contribution in [-0.2, 0) is 0 Å². The van der Waals surface area contributed by atoms with Crippen LogP contribution < -0.4 is 4.90 Å². The van der Waals surface area contributed by atoms with Crippen molar-refractivity contribution in [2.75, 3.05) is 32.1 Å². The summed E-state index contributed by atoms with van der Waals surface area (Å²) in [6.45, 7) is 2.18. The Hall–Kier alpha value is -2.12. The average Bonchev–Trinajstić information content (AvgIpc) is 2.53. The van der Waals surface area contributed by atoms with Gasteiger partial charge in [-0.05, 0) is 38.6 Å². The highest BCUT2D eigenvalue weighted by Crippen LogP contribution is 2.26. The highest BCUT2D eigenvalue weighted by molar-refractivity contribution is 5.83. The maximum absolute atomic E-state index is 9.45. The third kappa shape index (κ3) is 2.70. The second kappa shape index (κ2) is 5.71. The molecule has 2 heterocycles. The number of hydrogen-bond acceptors (Lipinski definition) is 4. The molecule has 4 nitrogen and oxygen atoms in total. The van der Waals surface area contributed by atoms with Crippen molar-refractivity contribution in [2.45, 2.75) is 18.9 Å². The molecule has 0 amide bonds. The minimum absolute atomic E-state index is 0.421. The van der Waals surface area contributed by atoms with E-state index in [9.17, 15) is 5.26 Å². The SMILES string of the molecule is CN1CCCC(N(C)c2nc3ccccc3cc2C#N)C1. The monoisotopic (exact) mass is 280 g/mol. The van der Waals surface area contributed by atoms with Crippen LogP contribution in [0.1, 0.15) is 18.4 Å². The number of nitrogens with zero attached hydrogens (tertiary/aromatic N) is 4. The Balaban J connectivity index is 2.00. The van der Waals surface area contributed by atoms with Crippen LogP contribution in [0.25, 0.3) is 10.9 Å². The number of anilines is 1. The van der Waals surface area contributed by atoms with Crippen molar-refractivity contribution in [3.05, 3.63) is 35.9 Å². The summed E-state index contributed by atoms with van der Waals surface area (Å²) >= 11 is 0. The van der Waals surface area contributed by atoms with Crippen LogP contribution in [0, 0.1) is 11.3 Å². The van der Waals surface area contributed by atoms with Gasteiger partial charge in [0.2, 0.25) is 0 Å². The Labute approximate surface area is 125 Å². The van der Waals surface area contributed by atoms with Crippen LogP contribution in [0.3, 0.4) is 0 Å². The van der Waals surface area contributed by atoms with Crippen molar-refractivity contribution in [3.8, 4) is 6.07 Å². The fourth-order valence-corrected chi connectivity index (χ4v) is 3.09. The van der Waals surface area contributed by atoms with Crippen molar-refractivity contribution < 1.29 is 0 Å². The molecule has 0 radical (unpaired) electrons. The molecule has 1 fully saturated rings. The Kier molecular flexibility index (Phi) is 3.76. The van der Waals surface area contributed by atoms with Gasteiger partial charge in [-0.25, -0.2) is 4.98 Å². The quantitative estimate of drug-likeness (QED) is 0.848. The smallest absolute Gasteiger partial charge is 0.147 e. The molecule has 0 N–H and O–H groups in total. The molecule has 4 heteroatoms. The van der Waals surface area contributed by atoms with Crippen molar-refractivity contribution >= 4 is 16.7 Å². The van der Waals surface area contributed by atoms with Gasteiger partial charge in [0, 0.05) is 25.0 Å². The van der Waals surface area contributed by atoms with E-state index in [2.05, 4.69) is 30.0 Å². The third-order valence-electron chi connectivity index (χ3n) is 4.31. The second-order valence-corrected chi connectivity index (χ2v) is 5.83. The van der Waals surface area contributed by atoms with Gasteiger partial charge in [-0.1, -0.05) is 18.2 Å². The molecule has 2 aromatic rings. The van der Waals surface area contributed by atoms with Gasteiger partial charge >= 0.3 is 0 Å². The van der Waals surface area contributed by atoms with Gasteiger partial charge in [0.05, 0.1) is 11.1 Å². The van der Waals surface area contributed by atoms with Crippen molar-refractivity contribution in [1.82, 2.24) is 9.88 Å². The Morgan fingerprint density at radius 1 is 1.38 bits per heavy atom. The standard InChI is InChI=1S/C17H20N4/c1-20-9-5-7-15(12-20)21(2)17-14(11-18)10-13-6-3-4-8-16(13)19-17/h3-4,6,8,10,15H,5,7,9,12H2,1-2H3. The van der Waals surface area contributed by atoms with E-state index in [0.29, 0.717) is 11.6 Å². The van der Waals surface area contributed by atoms with Gasteiger partial charge in [-0.15, -0.1) is 0 Å². The molecular formula is C17H20N4. The average molecular weight is 280 g/mol. The number of hydrogen-bond donors (Lipinski definition) is 0. The first-order valence-electron chi connectivity index (χ1n) is 7.40. The van der Waals surface area contributed by atoms with E-state index in [1.165, 1.54) is 6.42 Å². The summed E-state index contributed by atoms with van der Waals surface area (Å²) < 4.78 is 0. The number of rotatable bonds is 2. The van der Waals surface area contributed by atoms with Crippen LogP contribution in [-0.4, -0.2) is 43.1 Å². The first-order chi connectivity index (χ1) is 10.2. The minimum atomic E-state index is 0.421. The second-order valence-electron chi connectivity index (χ2n) is 5.83. The predicted molar refractivity (Wildman–Crippen MR) is 85.4 cm³/mol. The fraction of sp³-hybridized carbons (Fsp3) is 0.412. The number of benzene rings is 1. The maximum Gasteiger partial charge on any atom is 0.147 e. The van der Waals surface area contributed by atoms with Crippen molar-refractivity contribution in [1.29, 1.82) is 5.26 Å². The summed E-state index contributed by atoms with van der Waals surface area (Å²) in [5.41, 5.74) is 1.60. The molecule has 0 saturated carbocycles. The lowest BCUT2D eigenvalue weighted by Gasteiger charge is -2.36. The van der Waals surface area contributed by atoms with Crippen LogP contribution in [0.15, 0.2) is 30.3 Å². The topological polar surface area (TPSA) is 43.2 Å². The number of fused-ring (bicyclic) bond motifs is 1. The summed E-state index contributed by atoms with van der Waals surface area (Å²) in [6.07, 6.45) is 2.35. The van der Waals surface area contributed by atoms with Gasteiger partial charge in [0.25, 0.3) is 0 Å². The molecule has 1 aliphatic heterocycles. The number of nitriles is 1. The number of pyridine rings is 1. The van der Waals surface area contributed by atoms with Gasteiger partial charge in [-0.3, -0.25) is 0 Å². The molecule has 1 saturated heterocycles. The first kappa shape index (κ1) is 13.8. The maximum atomic E-state index is 9.45. The third-order valence-corrected chi connectivity index (χ3v) is 4.31. The van der Waals surface area contributed by atoms with Gasteiger partial charge in [-0.2, -0.15) is 5.26 Å². The van der Waals surface area contributed by atoms with Crippen LogP contribution in [0.4, 0.5) is 5.82 Å². The van der Waals surface area contributed by atoms with Crippen LogP contribution in [0.2, 0.25) is 0 Å². The van der Waals surface area contributed by atoms with Crippen molar-refractivity contribution in [3.63, 3.8) is 0 Å². The molecule has 108 valence electrons. The van der Waals surface area contributed by atoms with E-state index in [1.807, 2.05) is 30.3 Å². The minimum Gasteiger partial charge on any atom is -0.354 e. The molecule has 1 aromatic heterocycles. The number of piperidine rings is 1. The van der Waals surface area contributed by atoms with E-state index in [0.717, 1.165) is 36.2 Å². The number of likely N-dealkylation sites (N-methyl/N-ethyl adjacent to an activating group) is 2. The zero-order chi connectivity index (χ0) is 14.8. The highest BCUT2D eigenvalue weighted by atomic mass is 15.2. The Bertz CT molecular complexity index is 689. The summed E-state index contributed by atoms with van der Waals surface area (Å²) in [5, 5.41) is 10.5. The number of para-hydroxylation sites is 1. The first-order valence-corrected chi connectivity index (χ1v) is 7.40. The summed E-state index contributed by atoms with van der Waals surface area (Å²) in [7, 11) is 4.21. The predicted octanol–water partition coefficient (Wildman–Crippen LogP) is 2.64. The zero-order valence-corrected chi connectivity index (χ0v) is 12.6. The molecule has 21 heavy (non-hydrogen) atoms. The molecule has 0 aliphatic carbocycles. The van der Waals surface area contributed by atoms with E-state index in [4.69, 9.17) is 4.98 Å². The van der Waals surface area contributed by atoms with E-state index in [-0.39, 0.29) is 0 Å². The van der Waals surface area contributed by atoms with E-state index in [1.54, 1.807) is 0 Å². The number of likely N-dealkylation sites (tertiary alicyclic amines) is 1. The Morgan fingerprint density at radius 2 is 2.19 bits per heavy atom. The largest absolute Gasteiger partial charge is 0.354 e. The highest BCUT2D eigenvalue weighted by Gasteiger charge is 2.24. The lowest BCUT2D eigenvalue weighted by molar-refractivity contribution is 0.247.